The lowest BCUT2D eigenvalue weighted by molar-refractivity contribution is -0.126. The molecule has 0 saturated heterocycles. The molecule has 1 aromatic heterocycles. The number of hydrogen-bond donors (Lipinski definition) is 2. The number of carbonyl (C=O) groups is 3. The number of thiophene rings is 1. The third-order valence-corrected chi connectivity index (χ3v) is 7.44. The van der Waals surface area contributed by atoms with Gasteiger partial charge in [0.2, 0.25) is 11.8 Å². The van der Waals surface area contributed by atoms with Gasteiger partial charge in [-0.2, -0.15) is 0 Å². The Hall–Kier alpha value is -3.45. The van der Waals surface area contributed by atoms with Crippen molar-refractivity contribution in [2.24, 2.45) is 0 Å². The predicted octanol–water partition coefficient (Wildman–Crippen LogP) is 4.93. The van der Waals surface area contributed by atoms with Crippen molar-refractivity contribution in [3.05, 3.63) is 87.6 Å². The van der Waals surface area contributed by atoms with E-state index in [4.69, 9.17) is 0 Å². The number of nitrogens with zero attached hydrogens (tertiary/aromatic N) is 1. The number of hydrogen-bond acceptors (Lipinski definition) is 4. The van der Waals surface area contributed by atoms with Crippen LogP contribution < -0.4 is 15.5 Å². The average molecular weight is 490 g/mol. The highest BCUT2D eigenvalue weighted by Crippen LogP contribution is 2.32. The molecule has 1 unspecified atom stereocenters. The molecule has 1 aliphatic carbocycles. The van der Waals surface area contributed by atoms with E-state index in [1.165, 1.54) is 11.3 Å². The van der Waals surface area contributed by atoms with Crippen LogP contribution in [0, 0.1) is 13.8 Å². The van der Waals surface area contributed by atoms with Gasteiger partial charge in [-0.3, -0.25) is 19.3 Å². The molecule has 1 fully saturated rings. The van der Waals surface area contributed by atoms with E-state index >= 15 is 0 Å². The van der Waals surface area contributed by atoms with Crippen LogP contribution >= 0.6 is 11.3 Å². The molecule has 35 heavy (non-hydrogen) atoms. The first-order chi connectivity index (χ1) is 17.0. The Labute approximate surface area is 210 Å². The second-order valence-electron chi connectivity index (χ2n) is 8.95. The molecule has 0 radical (unpaired) electrons. The zero-order chi connectivity index (χ0) is 24.8. The second-order valence-corrected chi connectivity index (χ2v) is 9.89. The minimum atomic E-state index is -0.858. The number of benzene rings is 2. The largest absolute Gasteiger partial charge is 0.351 e. The molecule has 1 saturated carbocycles. The fourth-order valence-electron chi connectivity index (χ4n) is 4.55. The third-order valence-electron chi connectivity index (χ3n) is 6.57. The Balaban J connectivity index is 1.70. The van der Waals surface area contributed by atoms with Crippen molar-refractivity contribution >= 4 is 34.7 Å². The van der Waals surface area contributed by atoms with E-state index in [0.29, 0.717) is 10.6 Å². The minimum Gasteiger partial charge on any atom is -0.351 e. The van der Waals surface area contributed by atoms with Crippen molar-refractivity contribution in [3.63, 3.8) is 0 Å². The molecule has 1 heterocycles. The van der Waals surface area contributed by atoms with Gasteiger partial charge in [0.1, 0.15) is 6.04 Å². The van der Waals surface area contributed by atoms with Crippen LogP contribution in [-0.4, -0.2) is 30.3 Å². The van der Waals surface area contributed by atoms with Gasteiger partial charge in [-0.05, 0) is 60.9 Å². The molecular weight excluding hydrogens is 458 g/mol. The summed E-state index contributed by atoms with van der Waals surface area (Å²) in [5, 5.41) is 7.74. The first kappa shape index (κ1) is 24.7. The van der Waals surface area contributed by atoms with Crippen molar-refractivity contribution in [3.8, 4) is 0 Å². The highest BCUT2D eigenvalue weighted by molar-refractivity contribution is 7.12. The standard InChI is InChI=1S/C28H31N3O3S/c1-19-10-8-15-23(20(19)2)31(25(32)18-29-27(33)24-16-9-17-35-24)26(21-11-4-3-5-12-21)28(34)30-22-13-6-7-14-22/h3-5,8-12,15-17,22,26H,6-7,13-14,18H2,1-2H3,(H,29,33)(H,30,34). The number of carbonyl (C=O) groups excluding carboxylic acids is 3. The summed E-state index contributed by atoms with van der Waals surface area (Å²) < 4.78 is 0. The highest BCUT2D eigenvalue weighted by atomic mass is 32.1. The quantitative estimate of drug-likeness (QED) is 0.471. The third kappa shape index (κ3) is 5.80. The Morgan fingerprint density at radius 1 is 0.971 bits per heavy atom. The summed E-state index contributed by atoms with van der Waals surface area (Å²) in [5.41, 5.74) is 3.32. The molecule has 3 aromatic rings. The summed E-state index contributed by atoms with van der Waals surface area (Å²) in [7, 11) is 0. The maximum Gasteiger partial charge on any atom is 0.261 e. The Morgan fingerprint density at radius 3 is 2.40 bits per heavy atom. The monoisotopic (exact) mass is 489 g/mol. The first-order valence-corrected chi connectivity index (χ1v) is 12.9. The van der Waals surface area contributed by atoms with Gasteiger partial charge in [-0.15, -0.1) is 11.3 Å². The minimum absolute atomic E-state index is 0.114. The molecule has 2 N–H and O–H groups in total. The van der Waals surface area contributed by atoms with Crippen LogP contribution in [0.15, 0.2) is 66.0 Å². The van der Waals surface area contributed by atoms with E-state index in [-0.39, 0.29) is 30.3 Å². The van der Waals surface area contributed by atoms with E-state index in [2.05, 4.69) is 10.6 Å². The van der Waals surface area contributed by atoms with Gasteiger partial charge in [0.15, 0.2) is 0 Å². The average Bonchev–Trinajstić information content (AvgIpc) is 3.58. The van der Waals surface area contributed by atoms with Crippen LogP contribution in [0.25, 0.3) is 0 Å². The van der Waals surface area contributed by atoms with Gasteiger partial charge < -0.3 is 10.6 Å². The molecule has 0 bridgehead atoms. The van der Waals surface area contributed by atoms with Crippen molar-refractivity contribution in [1.29, 1.82) is 0 Å². The Kier molecular flexibility index (Phi) is 7.98. The van der Waals surface area contributed by atoms with Crippen LogP contribution in [0.3, 0.4) is 0 Å². The summed E-state index contributed by atoms with van der Waals surface area (Å²) in [6.45, 7) is 3.71. The Bertz CT molecular complexity index is 1170. The number of amides is 3. The normalized spacial score (nSPS) is 14.3. The van der Waals surface area contributed by atoms with E-state index < -0.39 is 6.04 Å². The van der Waals surface area contributed by atoms with Gasteiger partial charge in [-0.25, -0.2) is 0 Å². The molecule has 0 aliphatic heterocycles. The lowest BCUT2D eigenvalue weighted by Crippen LogP contribution is -2.49. The molecule has 4 rings (SSSR count). The van der Waals surface area contributed by atoms with E-state index in [0.717, 1.165) is 42.4 Å². The lowest BCUT2D eigenvalue weighted by atomic mass is 10.00. The van der Waals surface area contributed by atoms with Gasteiger partial charge >= 0.3 is 0 Å². The molecule has 0 spiro atoms. The summed E-state index contributed by atoms with van der Waals surface area (Å²) in [4.78, 5) is 42.2. The summed E-state index contributed by atoms with van der Waals surface area (Å²) in [6, 6.07) is 17.9. The first-order valence-electron chi connectivity index (χ1n) is 12.0. The smallest absolute Gasteiger partial charge is 0.261 e. The summed E-state index contributed by atoms with van der Waals surface area (Å²) in [5.74, 6) is -0.859. The highest BCUT2D eigenvalue weighted by Gasteiger charge is 2.35. The fraction of sp³-hybridized carbons (Fsp3) is 0.321. The molecule has 182 valence electrons. The lowest BCUT2D eigenvalue weighted by Gasteiger charge is -2.33. The predicted molar refractivity (Wildman–Crippen MR) is 140 cm³/mol. The van der Waals surface area contributed by atoms with E-state index in [9.17, 15) is 14.4 Å². The zero-order valence-corrected chi connectivity index (χ0v) is 20.9. The van der Waals surface area contributed by atoms with Crippen LogP contribution in [-0.2, 0) is 9.59 Å². The summed E-state index contributed by atoms with van der Waals surface area (Å²) in [6.07, 6.45) is 4.08. The van der Waals surface area contributed by atoms with Gasteiger partial charge in [0.05, 0.1) is 11.4 Å². The number of rotatable bonds is 8. The number of aryl methyl sites for hydroxylation is 1. The van der Waals surface area contributed by atoms with Crippen LogP contribution in [0.1, 0.15) is 58.1 Å². The van der Waals surface area contributed by atoms with Gasteiger partial charge in [-0.1, -0.05) is 61.4 Å². The van der Waals surface area contributed by atoms with Gasteiger partial charge in [0.25, 0.3) is 5.91 Å². The molecule has 2 aromatic carbocycles. The molecule has 6 nitrogen and oxygen atoms in total. The van der Waals surface area contributed by atoms with Crippen molar-refractivity contribution in [2.45, 2.75) is 51.6 Å². The fourth-order valence-corrected chi connectivity index (χ4v) is 5.19. The number of nitrogens with one attached hydrogen (secondary N) is 2. The van der Waals surface area contributed by atoms with Crippen molar-refractivity contribution in [2.75, 3.05) is 11.4 Å². The molecule has 7 heteroatoms. The van der Waals surface area contributed by atoms with Gasteiger partial charge in [0, 0.05) is 11.7 Å². The molecule has 3 amide bonds. The Morgan fingerprint density at radius 2 is 1.71 bits per heavy atom. The maximum absolute atomic E-state index is 13.8. The molecular formula is C28H31N3O3S. The molecule has 1 aliphatic rings. The van der Waals surface area contributed by atoms with E-state index in [1.807, 2.05) is 67.8 Å². The molecule has 1 atom stereocenters. The number of anilines is 1. The van der Waals surface area contributed by atoms with Crippen LogP contribution in [0.4, 0.5) is 5.69 Å². The zero-order valence-electron chi connectivity index (χ0n) is 20.1. The van der Waals surface area contributed by atoms with Crippen LogP contribution in [0.2, 0.25) is 0 Å². The topological polar surface area (TPSA) is 78.5 Å². The SMILES string of the molecule is Cc1cccc(N(C(=O)CNC(=O)c2cccs2)C(C(=O)NC2CCCC2)c2ccccc2)c1C. The van der Waals surface area contributed by atoms with Crippen molar-refractivity contribution in [1.82, 2.24) is 10.6 Å². The second kappa shape index (κ2) is 11.3. The van der Waals surface area contributed by atoms with Crippen LogP contribution in [0.5, 0.6) is 0 Å². The van der Waals surface area contributed by atoms with Crippen molar-refractivity contribution < 1.29 is 14.4 Å². The maximum atomic E-state index is 13.8. The van der Waals surface area contributed by atoms with E-state index in [1.54, 1.807) is 17.0 Å². The summed E-state index contributed by atoms with van der Waals surface area (Å²) >= 11 is 1.32.